The number of pyridine rings is 2. The maximum absolute atomic E-state index is 12.3. The van der Waals surface area contributed by atoms with E-state index in [1.165, 1.54) is 31.8 Å². The average Bonchev–Trinajstić information content (AvgIpc) is 0.752. The molecule has 0 N–H and O–H groups in total. The molecule has 0 bridgehead atoms. The van der Waals surface area contributed by atoms with E-state index in [-0.39, 0.29) is 39.0 Å². The van der Waals surface area contributed by atoms with Crippen LogP contribution in [-0.4, -0.2) is 31.9 Å². The number of rotatable bonds is 14. The van der Waals surface area contributed by atoms with Crippen LogP contribution in [0.5, 0.6) is 0 Å². The Morgan fingerprint density at radius 1 is 0.235 bits per heavy atom. The molecular formula is C90H72N4O4P2Rh2. The number of hydrogen-bond donors (Lipinski definition) is 0. The van der Waals surface area contributed by atoms with Crippen molar-refractivity contribution >= 4 is 59.6 Å². The molecule has 504 valence electrons. The molecule has 0 amide bonds. The first-order valence-electron chi connectivity index (χ1n) is 32.3. The number of aromatic nitrogens is 4. The van der Waals surface area contributed by atoms with Crippen molar-refractivity contribution in [1.29, 1.82) is 0 Å². The molecule has 12 aromatic carbocycles. The minimum absolute atomic E-state index is 0. The van der Waals surface area contributed by atoms with E-state index in [1.54, 1.807) is 49.6 Å². The van der Waals surface area contributed by atoms with Gasteiger partial charge in [0.1, 0.15) is 0 Å². The van der Waals surface area contributed by atoms with Crippen LogP contribution in [0.4, 0.5) is 0 Å². The minimum atomic E-state index is -1.32. The second-order valence-electron chi connectivity index (χ2n) is 21.7. The summed E-state index contributed by atoms with van der Waals surface area (Å²) in [6, 6.07) is 133. The van der Waals surface area contributed by atoms with Crippen LogP contribution < -0.4 is 42.0 Å². The van der Waals surface area contributed by atoms with Gasteiger partial charge >= 0.3 is 39.0 Å². The Bertz CT molecular complexity index is 3830. The van der Waals surface area contributed by atoms with E-state index in [9.17, 15) is 19.8 Å². The summed E-state index contributed by atoms with van der Waals surface area (Å²) >= 11 is 0. The van der Waals surface area contributed by atoms with Crippen LogP contribution in [0.1, 0.15) is 33.4 Å². The molecule has 0 atom stereocenters. The molecule has 0 saturated carbocycles. The molecule has 3 aromatic heterocycles. The molecule has 8 nitrogen and oxygen atoms in total. The molecule has 2 radical (unpaired) electrons. The fraction of sp³-hybridized carbons (Fsp3) is 0.0222. The first kappa shape index (κ1) is 78.4. The van der Waals surface area contributed by atoms with E-state index in [1.807, 2.05) is 243 Å². The van der Waals surface area contributed by atoms with Gasteiger partial charge in [0.15, 0.2) is 0 Å². The van der Waals surface area contributed by atoms with Crippen molar-refractivity contribution in [3.8, 4) is 0 Å². The molecule has 0 aliphatic rings. The van der Waals surface area contributed by atoms with Gasteiger partial charge in [0.2, 0.25) is 0 Å². The Hall–Kier alpha value is -10.9. The van der Waals surface area contributed by atoms with Gasteiger partial charge in [-0.25, -0.2) is 0 Å². The summed E-state index contributed by atoms with van der Waals surface area (Å²) in [6.45, 7) is 0. The van der Waals surface area contributed by atoms with Crippen molar-refractivity contribution in [1.82, 2.24) is 19.9 Å². The molecular weight excluding hydrogens is 1470 g/mol. The number of aliphatic carboxylic acids is 2. The molecule has 15 rings (SSSR count). The Morgan fingerprint density at radius 3 is 0.559 bits per heavy atom. The predicted octanol–water partition coefficient (Wildman–Crippen LogP) is 14.7. The van der Waals surface area contributed by atoms with Crippen molar-refractivity contribution in [2.24, 2.45) is 0 Å². The summed E-state index contributed by atoms with van der Waals surface area (Å²) < 4.78 is 0. The van der Waals surface area contributed by atoms with Crippen molar-refractivity contribution in [3.63, 3.8) is 0 Å². The second-order valence-corrected chi connectivity index (χ2v) is 26.1. The maximum Gasteiger partial charge on any atom is 2.00 e. The quantitative estimate of drug-likeness (QED) is 0.0455. The summed E-state index contributed by atoms with van der Waals surface area (Å²) in [5.74, 6) is -2.26. The zero-order chi connectivity index (χ0) is 69.4. The molecule has 102 heavy (non-hydrogen) atoms. The Balaban J connectivity index is 0.000000175. The molecule has 12 heteroatoms. The van der Waals surface area contributed by atoms with Gasteiger partial charge in [-0.1, -0.05) is 315 Å². The first-order valence-corrected chi connectivity index (χ1v) is 35.0. The van der Waals surface area contributed by atoms with Gasteiger partial charge in [0, 0.05) is 49.6 Å². The van der Waals surface area contributed by atoms with Gasteiger partial charge in [-0.2, -0.15) is 60.7 Å². The van der Waals surface area contributed by atoms with Gasteiger partial charge in [0.25, 0.3) is 0 Å². The normalized spacial score (nSPS) is 10.1. The third kappa shape index (κ3) is 22.5. The SMILES string of the molecule is O=C([O-])C(c1ccccc1)(c1ccccc1)c1ccccc1.O=C([O-])C(c1ccccc1)(c1ccccc1)c1ccccc1.[Rh+2].[Rh+2].[c-]1ccccc1P(c1ccccc1)c1ccccc1.[c-]1ccccc1P(c1ccccc1)c1ccccc1.c1ccncc1.c1ccncc1.c1cnccn1. The summed E-state index contributed by atoms with van der Waals surface area (Å²) in [5.41, 5.74) is 1.49. The number of nitrogens with zero attached hydrogens (tertiary/aromatic N) is 4. The molecule has 0 spiro atoms. The monoisotopic (exact) mass is 1540 g/mol. The first-order chi connectivity index (χ1) is 49.4. The Morgan fingerprint density at radius 2 is 0.412 bits per heavy atom. The van der Waals surface area contributed by atoms with Gasteiger partial charge in [0.05, 0.1) is 22.8 Å². The largest absolute Gasteiger partial charge is 2.00 e. The fourth-order valence-corrected chi connectivity index (χ4v) is 15.4. The van der Waals surface area contributed by atoms with Gasteiger partial charge in [-0.15, -0.1) is 10.6 Å². The van der Waals surface area contributed by atoms with E-state index in [0.29, 0.717) is 33.4 Å². The molecule has 0 unspecified atom stereocenters. The summed E-state index contributed by atoms with van der Waals surface area (Å²) in [5, 5.41) is 32.6. The molecule has 0 saturated heterocycles. The molecule has 3 heterocycles. The molecule has 0 aliphatic carbocycles. The molecule has 15 aromatic rings. The van der Waals surface area contributed by atoms with Crippen molar-refractivity contribution in [3.05, 3.63) is 483 Å². The van der Waals surface area contributed by atoms with Crippen LogP contribution in [0, 0.1) is 12.1 Å². The average molecular weight is 1540 g/mol. The zero-order valence-corrected chi connectivity index (χ0v) is 60.6. The molecule has 0 fully saturated rings. The van der Waals surface area contributed by atoms with Crippen molar-refractivity contribution in [2.45, 2.75) is 10.8 Å². The second kappa shape index (κ2) is 44.3. The van der Waals surface area contributed by atoms with Crippen LogP contribution in [-0.2, 0) is 59.4 Å². The van der Waals surface area contributed by atoms with Crippen molar-refractivity contribution < 1.29 is 58.8 Å². The number of carboxylic acid groups (broad SMARTS) is 2. The number of carbonyl (C=O) groups excluding carboxylic acids is 2. The topological polar surface area (TPSA) is 132 Å². The van der Waals surface area contributed by atoms with Gasteiger partial charge in [-0.3, -0.25) is 19.9 Å². The number of carboxylic acids is 2. The predicted molar refractivity (Wildman–Crippen MR) is 407 cm³/mol. The fourth-order valence-electron chi connectivity index (χ4n) is 10.9. The third-order valence-electron chi connectivity index (χ3n) is 15.4. The summed E-state index contributed by atoms with van der Waals surface area (Å²) in [6.07, 6.45) is 13.6. The third-order valence-corrected chi connectivity index (χ3v) is 20.2. The standard InChI is InChI=1S/2C20H16O2.2C18H14P.2C5H5N.C4H4N2.2Rh/c2*21-19(22)20(16-10-4-1-5-11-16,17-12-6-2-7-13-17)18-14-8-3-9-15-18;2*1-4-10-16(11-5-1)19(17-12-6-2-7-13-17)18-14-8-3-9-15-18;2*1-2-4-6-5-3-1;1-2-6-4-3-5-1;;/h2*1-15H,(H,21,22);2*1-14H;2*1-5H;1-4H;;/q;;2*-1;;;;2*+2/p-2. The smallest absolute Gasteiger partial charge is 0.548 e. The number of carbonyl (C=O) groups is 2. The Kier molecular flexibility index (Phi) is 34.0. The maximum atomic E-state index is 12.3. The van der Waals surface area contributed by atoms with E-state index in [4.69, 9.17) is 0 Å². The van der Waals surface area contributed by atoms with E-state index in [2.05, 4.69) is 178 Å². The molecule has 0 aliphatic heterocycles. The minimum Gasteiger partial charge on any atom is -0.548 e. The summed E-state index contributed by atoms with van der Waals surface area (Å²) in [7, 11) is -1.00. The van der Waals surface area contributed by atoms with Crippen LogP contribution in [0.25, 0.3) is 0 Å². The summed E-state index contributed by atoms with van der Waals surface area (Å²) in [4.78, 5) is 39.6. The van der Waals surface area contributed by atoms with E-state index < -0.39 is 38.6 Å². The van der Waals surface area contributed by atoms with Crippen LogP contribution in [0.3, 0.4) is 0 Å². The van der Waals surface area contributed by atoms with E-state index >= 15 is 0 Å². The van der Waals surface area contributed by atoms with Gasteiger partial charge in [-0.05, 0) is 94.7 Å². The van der Waals surface area contributed by atoms with E-state index in [0.717, 1.165) is 0 Å². The van der Waals surface area contributed by atoms with Crippen molar-refractivity contribution in [2.75, 3.05) is 0 Å². The van der Waals surface area contributed by atoms with Crippen LogP contribution in [0.2, 0.25) is 0 Å². The zero-order valence-electron chi connectivity index (χ0n) is 55.6. The Labute approximate surface area is 627 Å². The van der Waals surface area contributed by atoms with Gasteiger partial charge < -0.3 is 19.8 Å². The number of benzene rings is 12. The van der Waals surface area contributed by atoms with Crippen LogP contribution >= 0.6 is 15.8 Å². The van der Waals surface area contributed by atoms with Crippen LogP contribution in [0.15, 0.2) is 438 Å². The number of hydrogen-bond acceptors (Lipinski definition) is 8.